The highest BCUT2D eigenvalue weighted by molar-refractivity contribution is 5.72. The zero-order valence-corrected chi connectivity index (χ0v) is 16.2. The largest absolute Gasteiger partial charge is 0.423 e. The fourth-order valence-electron chi connectivity index (χ4n) is 2.16. The average Bonchev–Trinajstić information content (AvgIpc) is 3.48. The highest BCUT2D eigenvalue weighted by Crippen LogP contribution is 2.18. The van der Waals surface area contributed by atoms with Gasteiger partial charge in [-0.3, -0.25) is 4.79 Å². The first kappa shape index (κ1) is 22.3. The van der Waals surface area contributed by atoms with E-state index < -0.39 is 11.8 Å². The van der Waals surface area contributed by atoms with E-state index in [0.717, 1.165) is 12.0 Å². The van der Waals surface area contributed by atoms with Crippen molar-refractivity contribution in [1.82, 2.24) is 0 Å². The lowest BCUT2D eigenvalue weighted by Crippen LogP contribution is -2.15. The van der Waals surface area contributed by atoms with Crippen molar-refractivity contribution in [2.75, 3.05) is 52.9 Å². The maximum absolute atomic E-state index is 13.6. The van der Waals surface area contributed by atoms with E-state index >= 15 is 0 Å². The van der Waals surface area contributed by atoms with E-state index in [4.69, 9.17) is 23.7 Å². The van der Waals surface area contributed by atoms with Gasteiger partial charge in [0.2, 0.25) is 0 Å². The van der Waals surface area contributed by atoms with Gasteiger partial charge >= 0.3 is 5.97 Å². The quantitative estimate of drug-likeness (QED) is 0.186. The van der Waals surface area contributed by atoms with Crippen LogP contribution in [-0.2, 0) is 23.7 Å². The molecule has 0 N–H and O–H groups in total. The van der Waals surface area contributed by atoms with Crippen LogP contribution in [0.15, 0.2) is 35.6 Å². The molecule has 0 aliphatic heterocycles. The number of halogens is 1. The number of carbonyl (C=O) groups is 1. The van der Waals surface area contributed by atoms with Gasteiger partial charge in [0, 0.05) is 12.0 Å². The van der Waals surface area contributed by atoms with Crippen LogP contribution >= 0.6 is 0 Å². The van der Waals surface area contributed by atoms with Crippen LogP contribution in [0, 0.1) is 12.7 Å². The van der Waals surface area contributed by atoms with E-state index in [-0.39, 0.29) is 18.8 Å². The van der Waals surface area contributed by atoms with Crippen LogP contribution in [0.2, 0.25) is 0 Å². The summed E-state index contributed by atoms with van der Waals surface area (Å²) in [5.41, 5.74) is 5.01. The smallest absolute Gasteiger partial charge is 0.313 e. The second kappa shape index (κ2) is 13.2. The molecule has 28 heavy (non-hydrogen) atoms. The molecule has 0 saturated heterocycles. The number of rotatable bonds is 16. The molecule has 6 nitrogen and oxygen atoms in total. The molecular formula is C21H27FO6. The second-order valence-electron chi connectivity index (χ2n) is 6.17. The maximum atomic E-state index is 13.6. The molecular weight excluding hydrogens is 367 g/mol. The molecule has 1 aliphatic rings. The number of aryl methyl sites for hydroxylation is 1. The molecule has 154 valence electrons. The third kappa shape index (κ3) is 10.3. The zero-order chi connectivity index (χ0) is 20.0. The summed E-state index contributed by atoms with van der Waals surface area (Å²) >= 11 is 0. The third-order valence-electron chi connectivity index (χ3n) is 3.74. The van der Waals surface area contributed by atoms with Crippen LogP contribution in [0.5, 0.6) is 5.75 Å². The minimum atomic E-state index is -0.551. The molecule has 1 aromatic rings. The Morgan fingerprint density at radius 1 is 0.929 bits per heavy atom. The number of ether oxygens (including phenoxy) is 5. The van der Waals surface area contributed by atoms with Crippen molar-refractivity contribution in [3.63, 3.8) is 0 Å². The highest BCUT2D eigenvalue weighted by Gasteiger charge is 2.09. The Morgan fingerprint density at radius 3 is 2.07 bits per heavy atom. The minimum absolute atomic E-state index is 0.0454. The Hall–Kier alpha value is -2.02. The van der Waals surface area contributed by atoms with Gasteiger partial charge in [0.1, 0.15) is 0 Å². The molecule has 0 amide bonds. The summed E-state index contributed by atoms with van der Waals surface area (Å²) in [6.45, 7) is 5.48. The van der Waals surface area contributed by atoms with E-state index in [0.29, 0.717) is 46.2 Å². The molecule has 0 bridgehead atoms. The summed E-state index contributed by atoms with van der Waals surface area (Å²) in [4.78, 5) is 11.7. The zero-order valence-electron chi connectivity index (χ0n) is 16.2. The van der Waals surface area contributed by atoms with Crippen LogP contribution in [0.4, 0.5) is 4.39 Å². The molecule has 0 fully saturated rings. The van der Waals surface area contributed by atoms with Gasteiger partial charge in [-0.25, -0.2) is 4.39 Å². The van der Waals surface area contributed by atoms with Gasteiger partial charge in [0.15, 0.2) is 11.6 Å². The number of hydrogen-bond donors (Lipinski definition) is 0. The Morgan fingerprint density at radius 2 is 1.50 bits per heavy atom. The highest BCUT2D eigenvalue weighted by atomic mass is 19.1. The molecule has 2 rings (SSSR count). The standard InChI is InChI=1S/C21H27FO6/c1-17-2-5-20(19(22)16-17)28-21(23)7-9-25-11-13-27-15-14-26-12-10-24-8-6-18-3-4-18/h2-3,5,16H,6-15H2,1H3. The van der Waals surface area contributed by atoms with Crippen molar-refractivity contribution in [3.8, 4) is 5.75 Å². The minimum Gasteiger partial charge on any atom is -0.423 e. The molecule has 7 heteroatoms. The van der Waals surface area contributed by atoms with Crippen LogP contribution in [0.1, 0.15) is 18.4 Å². The molecule has 0 aromatic heterocycles. The summed E-state index contributed by atoms with van der Waals surface area (Å²) < 4.78 is 40.0. The molecule has 1 aromatic carbocycles. The third-order valence-corrected chi connectivity index (χ3v) is 3.74. The van der Waals surface area contributed by atoms with Gasteiger partial charge in [-0.05, 0) is 30.7 Å². The average molecular weight is 394 g/mol. The number of hydrogen-bond acceptors (Lipinski definition) is 6. The van der Waals surface area contributed by atoms with E-state index in [1.165, 1.54) is 17.7 Å². The molecule has 0 spiro atoms. The predicted molar refractivity (Wildman–Crippen MR) is 101 cm³/mol. The summed E-state index contributed by atoms with van der Waals surface area (Å²) in [6, 6.07) is 4.44. The van der Waals surface area contributed by atoms with Crippen molar-refractivity contribution in [2.24, 2.45) is 0 Å². The molecule has 0 atom stereocenters. The first-order valence-corrected chi connectivity index (χ1v) is 9.38. The maximum Gasteiger partial charge on any atom is 0.313 e. The van der Waals surface area contributed by atoms with Crippen molar-refractivity contribution < 1.29 is 32.9 Å². The van der Waals surface area contributed by atoms with E-state index in [1.807, 2.05) is 6.08 Å². The van der Waals surface area contributed by atoms with Gasteiger partial charge in [0.05, 0.1) is 59.3 Å². The van der Waals surface area contributed by atoms with E-state index in [9.17, 15) is 9.18 Å². The van der Waals surface area contributed by atoms with Crippen molar-refractivity contribution >= 4 is 5.97 Å². The number of esters is 1. The van der Waals surface area contributed by atoms with Crippen LogP contribution < -0.4 is 4.74 Å². The van der Waals surface area contributed by atoms with Crippen molar-refractivity contribution in [3.05, 3.63) is 47.0 Å². The summed E-state index contributed by atoms with van der Waals surface area (Å²) in [5.74, 6) is -1.16. The van der Waals surface area contributed by atoms with Crippen molar-refractivity contribution in [1.29, 1.82) is 0 Å². The van der Waals surface area contributed by atoms with Gasteiger partial charge in [-0.2, -0.15) is 0 Å². The van der Waals surface area contributed by atoms with Crippen LogP contribution in [0.25, 0.3) is 0 Å². The Bertz CT molecular complexity index is 681. The lowest BCUT2D eigenvalue weighted by Gasteiger charge is -2.08. The SMILES string of the molecule is Cc1ccc(OC(=O)CCOCCOCCOCCOCCC2=C=C2)c(F)c1. The Kier molecular flexibility index (Phi) is 10.5. The fourth-order valence-corrected chi connectivity index (χ4v) is 2.16. The monoisotopic (exact) mass is 394 g/mol. The second-order valence-corrected chi connectivity index (χ2v) is 6.17. The molecule has 0 radical (unpaired) electrons. The van der Waals surface area contributed by atoms with Gasteiger partial charge in [-0.15, -0.1) is 5.73 Å². The lowest BCUT2D eigenvalue weighted by atomic mass is 10.2. The van der Waals surface area contributed by atoms with Crippen LogP contribution in [-0.4, -0.2) is 58.8 Å². The van der Waals surface area contributed by atoms with Gasteiger partial charge in [0.25, 0.3) is 0 Å². The first-order chi connectivity index (χ1) is 13.6. The van der Waals surface area contributed by atoms with E-state index in [1.54, 1.807) is 13.0 Å². The topological polar surface area (TPSA) is 63.2 Å². The fraction of sp³-hybridized carbons (Fsp3) is 0.524. The molecule has 0 unspecified atom stereocenters. The normalized spacial score (nSPS) is 12.1. The van der Waals surface area contributed by atoms with Crippen molar-refractivity contribution in [2.45, 2.75) is 19.8 Å². The Balaban J connectivity index is 1.33. The molecule has 0 saturated carbocycles. The summed E-state index contributed by atoms with van der Waals surface area (Å²) in [6.07, 6.45) is 2.92. The van der Waals surface area contributed by atoms with Gasteiger partial charge in [-0.1, -0.05) is 6.07 Å². The van der Waals surface area contributed by atoms with Gasteiger partial charge < -0.3 is 23.7 Å². The number of benzene rings is 1. The summed E-state index contributed by atoms with van der Waals surface area (Å²) in [7, 11) is 0. The Labute approximate surface area is 164 Å². The first-order valence-electron chi connectivity index (χ1n) is 9.38. The lowest BCUT2D eigenvalue weighted by molar-refractivity contribution is -0.135. The molecule has 0 heterocycles. The number of carbonyl (C=O) groups excluding carboxylic acids is 1. The summed E-state index contributed by atoms with van der Waals surface area (Å²) in [5, 5.41) is 0. The predicted octanol–water partition coefficient (Wildman–Crippen LogP) is 2.98. The molecule has 1 aliphatic carbocycles. The van der Waals surface area contributed by atoms with Crippen LogP contribution in [0.3, 0.4) is 0 Å². The van der Waals surface area contributed by atoms with E-state index in [2.05, 4.69) is 5.73 Å².